The van der Waals surface area contributed by atoms with Crippen LogP contribution in [0.1, 0.15) is 56.9 Å². The molecule has 0 radical (unpaired) electrons. The third kappa shape index (κ3) is 16.7. The second-order valence-corrected chi connectivity index (χ2v) is 30.1. The van der Waals surface area contributed by atoms with Crippen LogP contribution in [-0.2, 0) is 10.8 Å². The molecule has 404 valence electrons. The minimum absolute atomic E-state index is 0.000304. The van der Waals surface area contributed by atoms with Crippen molar-refractivity contribution >= 4 is 223 Å². The van der Waals surface area contributed by atoms with Crippen molar-refractivity contribution in [3.63, 3.8) is 0 Å². The molecule has 4 unspecified atom stereocenters. The molecule has 0 aliphatic rings. The first-order chi connectivity index (χ1) is 35.1. The Bertz CT molecular complexity index is 2910. The maximum Gasteiger partial charge on any atom is 0.148 e. The van der Waals surface area contributed by atoms with Crippen LogP contribution < -0.4 is 28.4 Å². The van der Waals surface area contributed by atoms with Gasteiger partial charge in [-0.15, -0.1) is 0 Å². The lowest BCUT2D eigenvalue weighted by Crippen LogP contribution is -2.34. The molecule has 0 amide bonds. The normalized spacial score (nSPS) is 13.5. The second kappa shape index (κ2) is 28.3. The summed E-state index contributed by atoms with van der Waals surface area (Å²) >= 11 is 50.6. The molecule has 0 aliphatic carbocycles. The lowest BCUT2D eigenvalue weighted by molar-refractivity contribution is 0.0142. The summed E-state index contributed by atoms with van der Waals surface area (Å²) < 4.78 is 46.8. The summed E-state index contributed by atoms with van der Waals surface area (Å²) in [6, 6.07) is 23.5. The summed E-state index contributed by atoms with van der Waals surface area (Å²) in [6.45, 7) is 10.2. The maximum atomic E-state index is 11.1. The lowest BCUT2D eigenvalue weighted by Gasteiger charge is -2.29. The first-order valence-corrected chi connectivity index (χ1v) is 33.3. The molecular weight excluding hydrogens is 1890 g/mol. The number of aliphatic hydroxyl groups is 3. The van der Waals surface area contributed by atoms with Crippen LogP contribution in [0.5, 0.6) is 34.5 Å². The Kier molecular flexibility index (Phi) is 24.5. The monoisotopic (exact) mass is 1920 g/mol. The highest BCUT2D eigenvalue weighted by Gasteiger charge is 2.31. The van der Waals surface area contributed by atoms with Crippen molar-refractivity contribution in [2.75, 3.05) is 33.0 Å². The van der Waals surface area contributed by atoms with Crippen LogP contribution in [0.3, 0.4) is 0 Å². The molecule has 0 fully saturated rings. The van der Waals surface area contributed by atoms with Gasteiger partial charge < -0.3 is 43.7 Å². The van der Waals surface area contributed by atoms with Gasteiger partial charge in [0, 0.05) is 19.8 Å². The Morgan fingerprint density at radius 3 is 0.773 bits per heavy atom. The van der Waals surface area contributed by atoms with Crippen molar-refractivity contribution in [1.82, 2.24) is 0 Å². The highest BCUT2D eigenvalue weighted by Crippen LogP contribution is 2.47. The molecule has 0 saturated carbocycles. The zero-order chi connectivity index (χ0) is 55.4. The fraction of sp³-hybridized carbons (Fsp3) is 0.308. The highest BCUT2D eigenvalue weighted by molar-refractivity contribution is 9.13. The predicted molar refractivity (Wildman–Crippen MR) is 346 cm³/mol. The number of hydrogen-bond acceptors (Lipinski definition) is 9. The Hall–Kier alpha value is 0.720. The molecule has 23 heteroatoms. The minimum atomic E-state index is -0.975. The lowest BCUT2D eigenvalue weighted by atomic mass is 9.78. The summed E-state index contributed by atoms with van der Waals surface area (Å²) in [5, 5.41) is 32.8. The van der Waals surface area contributed by atoms with Crippen LogP contribution in [0.2, 0.25) is 0 Å². The molecule has 6 aromatic carbocycles. The van der Waals surface area contributed by atoms with Crippen LogP contribution in [-0.4, -0.2) is 72.8 Å². The van der Waals surface area contributed by atoms with Crippen molar-refractivity contribution in [2.45, 2.75) is 69.9 Å². The maximum absolute atomic E-state index is 11.1. The molecule has 3 N–H and O–H groups in total. The van der Waals surface area contributed by atoms with E-state index in [1.165, 1.54) is 0 Å². The number of benzene rings is 6. The molecule has 6 rings (SSSR count). The molecule has 4 atom stereocenters. The van der Waals surface area contributed by atoms with E-state index in [1.54, 1.807) is 6.92 Å². The molecule has 0 aromatic heterocycles. The Morgan fingerprint density at radius 1 is 0.333 bits per heavy atom. The van der Waals surface area contributed by atoms with E-state index in [0.29, 0.717) is 70.3 Å². The highest BCUT2D eigenvalue weighted by atomic mass is 79.9. The summed E-state index contributed by atoms with van der Waals surface area (Å²) in [6.07, 6.45) is -3.42. The van der Waals surface area contributed by atoms with Gasteiger partial charge in [-0.25, -0.2) is 0 Å². The summed E-state index contributed by atoms with van der Waals surface area (Å²) in [4.78, 5) is 0. The van der Waals surface area contributed by atoms with Gasteiger partial charge in [0.1, 0.15) is 91.9 Å². The van der Waals surface area contributed by atoms with Gasteiger partial charge in [0.05, 0.1) is 53.7 Å². The SMILES string of the molecule is CC(Oc1c(Br)cc(C(C)(C)c2cc(Br)c(OCC(O)COc3c(Br)cc(C(C)(C)c4cc(Br)c(OCC(O)COc5c(Br)cc(Br)cc5Br)c(Br)c4)cc3Br)c(Br)c2)cc1Br)C(O)COc1c(Br)cc(Br)cc1Br. The summed E-state index contributed by atoms with van der Waals surface area (Å²) in [5.74, 6) is 3.32. The average Bonchev–Trinajstić information content (AvgIpc) is 3.30. The number of aliphatic hydroxyl groups excluding tert-OH is 3. The van der Waals surface area contributed by atoms with E-state index in [0.717, 1.165) is 49.1 Å². The average molecular weight is 1930 g/mol. The third-order valence-electron chi connectivity index (χ3n) is 11.7. The largest absolute Gasteiger partial charge is 0.488 e. The zero-order valence-electron chi connectivity index (χ0n) is 39.9. The summed E-state index contributed by atoms with van der Waals surface area (Å²) in [5.41, 5.74) is 2.96. The molecule has 9 nitrogen and oxygen atoms in total. The second-order valence-electron chi connectivity index (χ2n) is 18.0. The number of halogens is 14. The van der Waals surface area contributed by atoms with Crippen molar-refractivity contribution in [2.24, 2.45) is 0 Å². The number of rotatable bonds is 22. The number of hydrogen-bond donors (Lipinski definition) is 3. The molecule has 0 aliphatic heterocycles. The fourth-order valence-corrected chi connectivity index (χ4v) is 17.9. The predicted octanol–water partition coefficient (Wildman–Crippen LogP) is 19.9. The van der Waals surface area contributed by atoms with Crippen LogP contribution in [0.15, 0.2) is 135 Å². The van der Waals surface area contributed by atoms with Crippen LogP contribution >= 0.6 is 223 Å². The fourth-order valence-electron chi connectivity index (χ4n) is 7.26. The van der Waals surface area contributed by atoms with Gasteiger partial charge in [-0.3, -0.25) is 0 Å². The minimum Gasteiger partial charge on any atom is -0.488 e. The Balaban J connectivity index is 1.03. The van der Waals surface area contributed by atoms with Crippen molar-refractivity contribution < 1.29 is 43.7 Å². The molecule has 0 saturated heterocycles. The van der Waals surface area contributed by atoms with E-state index < -0.39 is 35.2 Å². The van der Waals surface area contributed by atoms with E-state index in [-0.39, 0.29) is 33.0 Å². The van der Waals surface area contributed by atoms with Gasteiger partial charge in [-0.2, -0.15) is 0 Å². The first kappa shape index (κ1) is 64.9. The molecule has 6 aromatic rings. The van der Waals surface area contributed by atoms with E-state index in [9.17, 15) is 15.3 Å². The quantitative estimate of drug-likeness (QED) is 0.0611. The van der Waals surface area contributed by atoms with Gasteiger partial charge >= 0.3 is 0 Å². The first-order valence-electron chi connectivity index (χ1n) is 22.2. The van der Waals surface area contributed by atoms with Gasteiger partial charge in [0.15, 0.2) is 0 Å². The Labute approximate surface area is 554 Å². The van der Waals surface area contributed by atoms with Crippen molar-refractivity contribution in [1.29, 1.82) is 0 Å². The molecule has 0 bridgehead atoms. The van der Waals surface area contributed by atoms with Gasteiger partial charge in [0.25, 0.3) is 0 Å². The number of ether oxygens (including phenoxy) is 6. The van der Waals surface area contributed by atoms with Crippen molar-refractivity contribution in [3.8, 4) is 34.5 Å². The standard InChI is InChI=1S/C52H44Br14O9/c1-23(44(69)22-74-49-42(65)16-29(54)17-43(49)66)75-50-38(61)12-27(13-39(50)62)52(4,5)26-10-36(59)47(37(60)11-26)71-19-30(67)18-70-45-32(55)6-24(7-33(45)56)51(2,3)25-8-34(57)46(35(58)9-25)72-20-31(68)21-73-48-40(63)14-28(53)15-41(48)64/h6-17,23,30-31,44,67-69H,18-22H2,1-5H3. The molecular formula is C52H44Br14O9. The van der Waals surface area contributed by atoms with Gasteiger partial charge in [-0.1, -0.05) is 59.6 Å². The Morgan fingerprint density at radius 2 is 0.533 bits per heavy atom. The smallest absolute Gasteiger partial charge is 0.148 e. The third-order valence-corrected chi connectivity index (χ3v) is 19.7. The summed E-state index contributed by atoms with van der Waals surface area (Å²) in [7, 11) is 0. The van der Waals surface area contributed by atoms with Crippen molar-refractivity contribution in [3.05, 3.63) is 158 Å². The van der Waals surface area contributed by atoms with Crippen LogP contribution in [0, 0.1) is 0 Å². The van der Waals surface area contributed by atoms with E-state index in [2.05, 4.69) is 251 Å². The van der Waals surface area contributed by atoms with Crippen LogP contribution in [0.4, 0.5) is 0 Å². The zero-order valence-corrected chi connectivity index (χ0v) is 62.1. The van der Waals surface area contributed by atoms with Gasteiger partial charge in [0.2, 0.25) is 0 Å². The van der Waals surface area contributed by atoms with Gasteiger partial charge in [-0.05, 0) is 293 Å². The molecule has 0 heterocycles. The van der Waals surface area contributed by atoms with Crippen LogP contribution in [0.25, 0.3) is 0 Å². The molecule has 0 spiro atoms. The van der Waals surface area contributed by atoms with E-state index in [4.69, 9.17) is 28.4 Å². The molecule has 75 heavy (non-hydrogen) atoms. The topological polar surface area (TPSA) is 116 Å². The van der Waals surface area contributed by atoms with E-state index >= 15 is 0 Å². The van der Waals surface area contributed by atoms with E-state index in [1.807, 2.05) is 72.8 Å².